The zero-order valence-corrected chi connectivity index (χ0v) is 18.1. The number of nitrogens with zero attached hydrogens (tertiary/aromatic N) is 5. The maximum Gasteiger partial charge on any atom is 0.254 e. The molecule has 9 nitrogen and oxygen atoms in total. The molecule has 0 saturated carbocycles. The van der Waals surface area contributed by atoms with Gasteiger partial charge in [-0.1, -0.05) is 6.07 Å². The molecule has 3 rings (SSSR count). The van der Waals surface area contributed by atoms with Crippen LogP contribution < -0.4 is 15.0 Å². The molecule has 30 heavy (non-hydrogen) atoms. The molecule has 1 unspecified atom stereocenters. The molecule has 1 N–H and O–H groups in total. The second-order valence-electron chi connectivity index (χ2n) is 7.50. The van der Waals surface area contributed by atoms with E-state index in [0.29, 0.717) is 30.5 Å². The van der Waals surface area contributed by atoms with Crippen molar-refractivity contribution in [3.63, 3.8) is 0 Å². The second kappa shape index (κ2) is 10.3. The van der Waals surface area contributed by atoms with Gasteiger partial charge < -0.3 is 19.7 Å². The van der Waals surface area contributed by atoms with Crippen molar-refractivity contribution in [3.05, 3.63) is 41.3 Å². The van der Waals surface area contributed by atoms with Gasteiger partial charge in [-0.3, -0.25) is 9.69 Å². The highest BCUT2D eigenvalue weighted by Gasteiger charge is 2.29. The van der Waals surface area contributed by atoms with Gasteiger partial charge in [0.05, 0.1) is 30.7 Å². The summed E-state index contributed by atoms with van der Waals surface area (Å²) in [5.41, 5.74) is 2.29. The summed E-state index contributed by atoms with van der Waals surface area (Å²) >= 11 is 0. The average Bonchev–Trinajstić information content (AvgIpc) is 3.21. The number of aromatic nitrogens is 3. The minimum Gasteiger partial charge on any atom is -0.481 e. The Morgan fingerprint density at radius 1 is 1.30 bits per heavy atom. The highest BCUT2D eigenvalue weighted by Crippen LogP contribution is 2.30. The predicted molar refractivity (Wildman–Crippen MR) is 114 cm³/mol. The number of rotatable bonds is 9. The Morgan fingerprint density at radius 3 is 2.87 bits per heavy atom. The SMILES string of the molecule is COCCNC(=O)c1cnc(N(C)C)nc1C1CCN(Cc2cccc(OC)n2)C1. The lowest BCUT2D eigenvalue weighted by molar-refractivity contribution is 0.0934. The van der Waals surface area contributed by atoms with E-state index >= 15 is 0 Å². The zero-order valence-electron chi connectivity index (χ0n) is 18.1. The number of likely N-dealkylation sites (tertiary alicyclic amines) is 1. The van der Waals surface area contributed by atoms with E-state index < -0.39 is 0 Å². The van der Waals surface area contributed by atoms with Gasteiger partial charge in [0, 0.05) is 59.0 Å². The molecule has 9 heteroatoms. The van der Waals surface area contributed by atoms with Gasteiger partial charge in [0.15, 0.2) is 0 Å². The lowest BCUT2D eigenvalue weighted by Gasteiger charge is -2.19. The summed E-state index contributed by atoms with van der Waals surface area (Å²) in [5.74, 6) is 1.21. The predicted octanol–water partition coefficient (Wildman–Crippen LogP) is 1.31. The standard InChI is InChI=1S/C21H30N6O3/c1-26(2)21-23-12-17(20(28)22-9-11-29-3)19(25-21)15-8-10-27(13-15)14-16-6-5-7-18(24-16)30-4/h5-7,12,15H,8-11,13-14H2,1-4H3,(H,22,28). The highest BCUT2D eigenvalue weighted by atomic mass is 16.5. The summed E-state index contributed by atoms with van der Waals surface area (Å²) < 4.78 is 10.2. The molecule has 2 aromatic heterocycles. The van der Waals surface area contributed by atoms with Gasteiger partial charge in [-0.15, -0.1) is 0 Å². The van der Waals surface area contributed by atoms with E-state index in [1.807, 2.05) is 37.2 Å². The minimum absolute atomic E-state index is 0.153. The summed E-state index contributed by atoms with van der Waals surface area (Å²) in [7, 11) is 7.02. The molecular formula is C21H30N6O3. The molecule has 1 amide bonds. The van der Waals surface area contributed by atoms with Gasteiger partial charge in [0.25, 0.3) is 5.91 Å². The van der Waals surface area contributed by atoms with Crippen LogP contribution in [0.3, 0.4) is 0 Å². The largest absolute Gasteiger partial charge is 0.481 e. The second-order valence-corrected chi connectivity index (χ2v) is 7.50. The number of nitrogens with one attached hydrogen (secondary N) is 1. The van der Waals surface area contributed by atoms with Crippen molar-refractivity contribution in [1.29, 1.82) is 0 Å². The molecule has 3 heterocycles. The molecule has 0 spiro atoms. The number of pyridine rings is 1. The fraction of sp³-hybridized carbons (Fsp3) is 0.524. The van der Waals surface area contributed by atoms with Crippen molar-refractivity contribution in [3.8, 4) is 5.88 Å². The molecule has 0 aliphatic carbocycles. The number of methoxy groups -OCH3 is 2. The van der Waals surface area contributed by atoms with E-state index in [1.54, 1.807) is 20.4 Å². The van der Waals surface area contributed by atoms with Crippen LogP contribution in [-0.4, -0.2) is 80.3 Å². The number of carbonyl (C=O) groups excluding carboxylic acids is 1. The van der Waals surface area contributed by atoms with Crippen molar-refractivity contribution in [2.45, 2.75) is 18.9 Å². The van der Waals surface area contributed by atoms with Crippen LogP contribution in [0.25, 0.3) is 0 Å². The van der Waals surface area contributed by atoms with E-state index in [4.69, 9.17) is 14.5 Å². The number of amides is 1. The molecule has 1 aliphatic heterocycles. The minimum atomic E-state index is -0.166. The number of hydrogen-bond acceptors (Lipinski definition) is 8. The van der Waals surface area contributed by atoms with Crippen molar-refractivity contribution in [1.82, 2.24) is 25.2 Å². The quantitative estimate of drug-likeness (QED) is 0.614. The van der Waals surface area contributed by atoms with E-state index in [2.05, 4.69) is 20.2 Å². The lowest BCUT2D eigenvalue weighted by atomic mass is 10.00. The monoisotopic (exact) mass is 414 g/mol. The first kappa shape index (κ1) is 21.9. The first-order valence-corrected chi connectivity index (χ1v) is 10.1. The van der Waals surface area contributed by atoms with Gasteiger partial charge in [-0.2, -0.15) is 0 Å². The maximum atomic E-state index is 12.7. The number of carbonyl (C=O) groups is 1. The first-order chi connectivity index (χ1) is 14.5. The van der Waals surface area contributed by atoms with E-state index in [-0.39, 0.29) is 11.8 Å². The van der Waals surface area contributed by atoms with Gasteiger partial charge in [-0.25, -0.2) is 15.0 Å². The molecular weight excluding hydrogens is 384 g/mol. The lowest BCUT2D eigenvalue weighted by Crippen LogP contribution is -2.30. The van der Waals surface area contributed by atoms with Crippen LogP contribution in [0.15, 0.2) is 24.4 Å². The molecule has 0 radical (unpaired) electrons. The van der Waals surface area contributed by atoms with Crippen molar-refractivity contribution < 1.29 is 14.3 Å². The van der Waals surface area contributed by atoms with Crippen molar-refractivity contribution in [2.75, 3.05) is 59.5 Å². The van der Waals surface area contributed by atoms with Crippen LogP contribution in [0.4, 0.5) is 5.95 Å². The molecule has 1 saturated heterocycles. The highest BCUT2D eigenvalue weighted by molar-refractivity contribution is 5.95. The first-order valence-electron chi connectivity index (χ1n) is 10.1. The fourth-order valence-corrected chi connectivity index (χ4v) is 3.54. The zero-order chi connectivity index (χ0) is 21.5. The Hall–Kier alpha value is -2.78. The Kier molecular flexibility index (Phi) is 7.53. The van der Waals surface area contributed by atoms with Crippen LogP contribution in [0.2, 0.25) is 0 Å². The van der Waals surface area contributed by atoms with Gasteiger partial charge in [0.1, 0.15) is 0 Å². The van der Waals surface area contributed by atoms with Gasteiger partial charge in [-0.05, 0) is 19.0 Å². The summed E-state index contributed by atoms with van der Waals surface area (Å²) in [5, 5.41) is 2.88. The maximum absolute atomic E-state index is 12.7. The van der Waals surface area contributed by atoms with Crippen molar-refractivity contribution in [2.24, 2.45) is 0 Å². The average molecular weight is 415 g/mol. The van der Waals surface area contributed by atoms with E-state index in [9.17, 15) is 4.79 Å². The van der Waals surface area contributed by atoms with Crippen LogP contribution in [0.1, 0.15) is 34.1 Å². The molecule has 162 valence electrons. The number of anilines is 1. The van der Waals surface area contributed by atoms with E-state index in [0.717, 1.165) is 37.4 Å². The van der Waals surface area contributed by atoms with Crippen LogP contribution >= 0.6 is 0 Å². The molecule has 1 atom stereocenters. The van der Waals surface area contributed by atoms with E-state index in [1.165, 1.54) is 0 Å². The molecule has 1 aliphatic rings. The Bertz CT molecular complexity index is 860. The molecule has 0 bridgehead atoms. The topological polar surface area (TPSA) is 92.7 Å². The summed E-state index contributed by atoms with van der Waals surface area (Å²) in [6.07, 6.45) is 2.55. The molecule has 0 aromatic carbocycles. The third-order valence-electron chi connectivity index (χ3n) is 5.08. The third-order valence-corrected chi connectivity index (χ3v) is 5.08. The fourth-order valence-electron chi connectivity index (χ4n) is 3.54. The Balaban J connectivity index is 1.76. The Labute approximate surface area is 177 Å². The summed E-state index contributed by atoms with van der Waals surface area (Å²) in [4.78, 5) is 30.5. The normalized spacial score (nSPS) is 16.5. The van der Waals surface area contributed by atoms with Crippen LogP contribution in [0.5, 0.6) is 5.88 Å². The van der Waals surface area contributed by atoms with Crippen molar-refractivity contribution >= 4 is 11.9 Å². The number of hydrogen-bond donors (Lipinski definition) is 1. The number of ether oxygens (including phenoxy) is 2. The smallest absolute Gasteiger partial charge is 0.254 e. The van der Waals surface area contributed by atoms with Gasteiger partial charge >= 0.3 is 0 Å². The van der Waals surface area contributed by atoms with Crippen LogP contribution in [0, 0.1) is 0 Å². The van der Waals surface area contributed by atoms with Crippen LogP contribution in [-0.2, 0) is 11.3 Å². The Morgan fingerprint density at radius 2 is 2.13 bits per heavy atom. The van der Waals surface area contributed by atoms with Gasteiger partial charge in [0.2, 0.25) is 11.8 Å². The summed E-state index contributed by atoms with van der Waals surface area (Å²) in [6.45, 7) is 3.36. The summed E-state index contributed by atoms with van der Waals surface area (Å²) in [6, 6.07) is 5.79. The molecule has 1 fully saturated rings. The third kappa shape index (κ3) is 5.43. The molecule has 2 aromatic rings.